The molecule has 0 bridgehead atoms. The number of nitrogens with zero attached hydrogens (tertiary/aromatic N) is 3. The van der Waals surface area contributed by atoms with Crippen molar-refractivity contribution in [2.24, 2.45) is 0 Å². The molecule has 0 spiro atoms. The van der Waals surface area contributed by atoms with Gasteiger partial charge in [0, 0.05) is 17.8 Å². The molecule has 1 aliphatic heterocycles. The largest absolute Gasteiger partial charge is 0.360 e. The molecule has 7 nitrogen and oxygen atoms in total. The summed E-state index contributed by atoms with van der Waals surface area (Å²) in [5.41, 5.74) is 4.63. The number of carbonyl (C=O) groups is 2. The molecule has 0 aliphatic carbocycles. The van der Waals surface area contributed by atoms with E-state index in [0.717, 1.165) is 23.2 Å². The Kier molecular flexibility index (Phi) is 5.29. The van der Waals surface area contributed by atoms with E-state index in [1.54, 1.807) is 12.3 Å². The van der Waals surface area contributed by atoms with Crippen LogP contribution in [-0.4, -0.2) is 28.4 Å². The van der Waals surface area contributed by atoms with Gasteiger partial charge in [-0.1, -0.05) is 42.9 Å². The number of ketones is 1. The number of aryl methyl sites for hydroxylation is 2. The van der Waals surface area contributed by atoms with Crippen molar-refractivity contribution < 1.29 is 14.1 Å². The molecule has 30 heavy (non-hydrogen) atoms. The van der Waals surface area contributed by atoms with Crippen LogP contribution in [0.4, 0.5) is 5.69 Å². The van der Waals surface area contributed by atoms with Gasteiger partial charge in [-0.25, -0.2) is 4.98 Å². The number of amides is 1. The second kappa shape index (κ2) is 8.04. The Labute approximate surface area is 174 Å². The molecule has 0 unspecified atom stereocenters. The SMILES string of the molecule is C=C1C(=O)c2ncc(-c3cccc(CC)c3)cc2N1C(=O)CNCc1cc(C)no1. The fourth-order valence-electron chi connectivity index (χ4n) is 3.47. The molecule has 2 aromatic heterocycles. The van der Waals surface area contributed by atoms with Crippen LogP contribution in [0, 0.1) is 6.92 Å². The van der Waals surface area contributed by atoms with Gasteiger partial charge in [-0.3, -0.25) is 14.5 Å². The van der Waals surface area contributed by atoms with Gasteiger partial charge in [-0.2, -0.15) is 0 Å². The first-order valence-electron chi connectivity index (χ1n) is 9.76. The zero-order valence-electron chi connectivity index (χ0n) is 16.9. The number of hydrogen-bond donors (Lipinski definition) is 1. The molecule has 0 fully saturated rings. The summed E-state index contributed by atoms with van der Waals surface area (Å²) in [6, 6.07) is 11.7. The lowest BCUT2D eigenvalue weighted by Crippen LogP contribution is -2.36. The number of anilines is 1. The van der Waals surface area contributed by atoms with Crippen LogP contribution >= 0.6 is 0 Å². The maximum atomic E-state index is 12.9. The van der Waals surface area contributed by atoms with Gasteiger partial charge in [0.05, 0.1) is 30.2 Å². The summed E-state index contributed by atoms with van der Waals surface area (Å²) < 4.78 is 5.13. The number of nitrogens with one attached hydrogen (secondary N) is 1. The van der Waals surface area contributed by atoms with Gasteiger partial charge < -0.3 is 9.84 Å². The molecule has 3 aromatic rings. The van der Waals surface area contributed by atoms with Crippen molar-refractivity contribution in [1.29, 1.82) is 0 Å². The van der Waals surface area contributed by atoms with E-state index in [0.29, 0.717) is 18.0 Å². The van der Waals surface area contributed by atoms with Gasteiger partial charge in [-0.05, 0) is 30.5 Å². The molecule has 0 atom stereocenters. The lowest BCUT2D eigenvalue weighted by Gasteiger charge is -2.18. The highest BCUT2D eigenvalue weighted by molar-refractivity contribution is 6.24. The molecule has 1 amide bonds. The van der Waals surface area contributed by atoms with Crippen LogP contribution in [0.15, 0.2) is 59.4 Å². The average Bonchev–Trinajstić information content (AvgIpc) is 3.28. The number of carbonyl (C=O) groups excluding carboxylic acids is 2. The lowest BCUT2D eigenvalue weighted by atomic mass is 10.0. The number of aromatic nitrogens is 2. The van der Waals surface area contributed by atoms with Gasteiger partial charge >= 0.3 is 0 Å². The summed E-state index contributed by atoms with van der Waals surface area (Å²) in [7, 11) is 0. The summed E-state index contributed by atoms with van der Waals surface area (Å²) in [5.74, 6) is 0.0134. The summed E-state index contributed by atoms with van der Waals surface area (Å²) >= 11 is 0. The standard InChI is InChI=1S/C23H22N4O3/c1-4-16-6-5-7-17(9-16)18-10-20-22(25-11-18)23(29)15(3)27(20)21(28)13-24-12-19-8-14(2)26-30-19/h5-11,24H,3-4,12-13H2,1-2H3. The second-order valence-corrected chi connectivity index (χ2v) is 7.19. The third-order valence-corrected chi connectivity index (χ3v) is 5.03. The minimum Gasteiger partial charge on any atom is -0.360 e. The van der Waals surface area contributed by atoms with E-state index in [9.17, 15) is 9.59 Å². The predicted octanol–water partition coefficient (Wildman–Crippen LogP) is 3.44. The molecule has 3 heterocycles. The highest BCUT2D eigenvalue weighted by Gasteiger charge is 2.36. The van der Waals surface area contributed by atoms with E-state index >= 15 is 0 Å². The number of rotatable bonds is 6. The molecule has 0 radical (unpaired) electrons. The van der Waals surface area contributed by atoms with Crippen molar-refractivity contribution >= 4 is 17.4 Å². The van der Waals surface area contributed by atoms with Crippen LogP contribution in [0.3, 0.4) is 0 Å². The highest BCUT2D eigenvalue weighted by Crippen LogP contribution is 2.35. The Morgan fingerprint density at radius 1 is 1.23 bits per heavy atom. The fourth-order valence-corrected chi connectivity index (χ4v) is 3.47. The molecular weight excluding hydrogens is 380 g/mol. The van der Waals surface area contributed by atoms with Crippen molar-refractivity contribution in [2.45, 2.75) is 26.8 Å². The molecule has 7 heteroatoms. The summed E-state index contributed by atoms with van der Waals surface area (Å²) in [4.78, 5) is 31.1. The van der Waals surface area contributed by atoms with Gasteiger partial charge in [0.1, 0.15) is 5.69 Å². The van der Waals surface area contributed by atoms with Crippen molar-refractivity contribution in [2.75, 3.05) is 11.4 Å². The van der Waals surface area contributed by atoms with E-state index in [2.05, 4.69) is 41.1 Å². The van der Waals surface area contributed by atoms with Gasteiger partial charge in [0.15, 0.2) is 5.76 Å². The lowest BCUT2D eigenvalue weighted by molar-refractivity contribution is -0.117. The van der Waals surface area contributed by atoms with E-state index in [1.807, 2.05) is 25.1 Å². The number of Topliss-reactive ketones (excluding diaryl/α,β-unsaturated/α-hetero) is 1. The Morgan fingerprint density at radius 3 is 2.80 bits per heavy atom. The monoisotopic (exact) mass is 402 g/mol. The van der Waals surface area contributed by atoms with Crippen LogP contribution in [0.1, 0.15) is 34.4 Å². The van der Waals surface area contributed by atoms with Gasteiger partial charge in [-0.15, -0.1) is 0 Å². The molecular formula is C23H22N4O3. The molecule has 0 saturated carbocycles. The maximum Gasteiger partial charge on any atom is 0.245 e. The number of hydrogen-bond acceptors (Lipinski definition) is 6. The Balaban J connectivity index is 1.57. The molecule has 4 rings (SSSR count). The molecule has 1 N–H and O–H groups in total. The second-order valence-electron chi connectivity index (χ2n) is 7.19. The summed E-state index contributed by atoms with van der Waals surface area (Å²) in [5, 5.41) is 6.84. The molecule has 152 valence electrons. The minimum atomic E-state index is -0.335. The average molecular weight is 402 g/mol. The smallest absolute Gasteiger partial charge is 0.245 e. The van der Waals surface area contributed by atoms with Crippen LogP contribution in [0.25, 0.3) is 11.1 Å². The number of benzene rings is 1. The molecule has 1 aliphatic rings. The third-order valence-electron chi connectivity index (χ3n) is 5.03. The first-order valence-corrected chi connectivity index (χ1v) is 9.76. The maximum absolute atomic E-state index is 12.9. The van der Waals surface area contributed by atoms with Crippen LogP contribution in [0.2, 0.25) is 0 Å². The number of allylic oxidation sites excluding steroid dienone is 1. The van der Waals surface area contributed by atoms with Crippen molar-refractivity contribution in [3.05, 3.63) is 77.6 Å². The van der Waals surface area contributed by atoms with E-state index < -0.39 is 0 Å². The first-order chi connectivity index (χ1) is 14.5. The van der Waals surface area contributed by atoms with Crippen LogP contribution in [0.5, 0.6) is 0 Å². The molecule has 0 saturated heterocycles. The zero-order chi connectivity index (χ0) is 21.3. The molecule has 1 aromatic carbocycles. The van der Waals surface area contributed by atoms with Gasteiger partial charge in [0.2, 0.25) is 11.7 Å². The summed E-state index contributed by atoms with van der Waals surface area (Å²) in [6.45, 7) is 8.11. The van der Waals surface area contributed by atoms with E-state index in [-0.39, 0.29) is 29.6 Å². The topological polar surface area (TPSA) is 88.3 Å². The normalized spacial score (nSPS) is 13.1. The number of fused-ring (bicyclic) bond motifs is 1. The van der Waals surface area contributed by atoms with E-state index in [1.165, 1.54) is 10.5 Å². The number of pyridine rings is 1. The Hall–Kier alpha value is -3.58. The predicted molar refractivity (Wildman–Crippen MR) is 113 cm³/mol. The van der Waals surface area contributed by atoms with Crippen LogP contribution in [-0.2, 0) is 17.8 Å². The fraction of sp³-hybridized carbons (Fsp3) is 0.217. The Morgan fingerprint density at radius 2 is 2.07 bits per heavy atom. The van der Waals surface area contributed by atoms with Gasteiger partial charge in [0.25, 0.3) is 0 Å². The van der Waals surface area contributed by atoms with Crippen LogP contribution < -0.4 is 10.2 Å². The minimum absolute atomic E-state index is 0.0149. The Bertz CT molecular complexity index is 1150. The van der Waals surface area contributed by atoms with Crippen molar-refractivity contribution in [3.63, 3.8) is 0 Å². The first kappa shape index (κ1) is 19.7. The van der Waals surface area contributed by atoms with Crippen molar-refractivity contribution in [1.82, 2.24) is 15.5 Å². The summed E-state index contributed by atoms with van der Waals surface area (Å²) in [6.07, 6.45) is 2.58. The van der Waals surface area contributed by atoms with E-state index in [4.69, 9.17) is 4.52 Å². The van der Waals surface area contributed by atoms with Crippen molar-refractivity contribution in [3.8, 4) is 11.1 Å². The quantitative estimate of drug-likeness (QED) is 0.636. The zero-order valence-corrected chi connectivity index (χ0v) is 16.9. The highest BCUT2D eigenvalue weighted by atomic mass is 16.5. The third kappa shape index (κ3) is 3.67.